The molecular weight excluding hydrogens is 266 g/mol. The normalized spacial score (nSPS) is 25.4. The van der Waals surface area contributed by atoms with Gasteiger partial charge in [-0.05, 0) is 54.2 Å². The minimum atomic E-state index is 0.241. The molecule has 1 aliphatic carbocycles. The number of rotatable bonds is 3. The summed E-state index contributed by atoms with van der Waals surface area (Å²) in [5, 5.41) is 12.3. The number of tetrazole rings is 1. The molecule has 110 valence electrons. The van der Waals surface area contributed by atoms with Crippen molar-refractivity contribution in [1.29, 1.82) is 0 Å². The summed E-state index contributed by atoms with van der Waals surface area (Å²) in [5.74, 6) is 1.46. The molecule has 0 bridgehead atoms. The summed E-state index contributed by atoms with van der Waals surface area (Å²) >= 11 is 0. The summed E-state index contributed by atoms with van der Waals surface area (Å²) < 4.78 is 7.84. The zero-order chi connectivity index (χ0) is 14.4. The van der Waals surface area contributed by atoms with Crippen molar-refractivity contribution in [3.05, 3.63) is 23.8 Å². The van der Waals surface area contributed by atoms with Crippen LogP contribution in [-0.2, 0) is 4.74 Å². The quantitative estimate of drug-likeness (QED) is 0.872. The number of nitrogens with zero attached hydrogens (tertiary/aromatic N) is 4. The third kappa shape index (κ3) is 2.19. The summed E-state index contributed by atoms with van der Waals surface area (Å²) in [6.07, 6.45) is 3.75. The topological polar surface area (TPSA) is 78.8 Å². The van der Waals surface area contributed by atoms with Crippen LogP contribution in [0.3, 0.4) is 0 Å². The van der Waals surface area contributed by atoms with Gasteiger partial charge < -0.3 is 10.5 Å². The Morgan fingerprint density at radius 1 is 1.29 bits per heavy atom. The van der Waals surface area contributed by atoms with Crippen LogP contribution in [0.25, 0.3) is 11.4 Å². The van der Waals surface area contributed by atoms with Crippen molar-refractivity contribution in [3.8, 4) is 11.4 Å². The second-order valence-electron chi connectivity index (χ2n) is 6.05. The van der Waals surface area contributed by atoms with Crippen molar-refractivity contribution in [2.24, 2.45) is 5.92 Å². The average Bonchev–Trinajstić information content (AvgIpc) is 3.02. The lowest BCUT2D eigenvalue weighted by Gasteiger charge is -2.19. The molecule has 2 heterocycles. The van der Waals surface area contributed by atoms with Crippen molar-refractivity contribution in [2.75, 3.05) is 12.3 Å². The monoisotopic (exact) mass is 285 g/mol. The van der Waals surface area contributed by atoms with E-state index >= 15 is 0 Å². The van der Waals surface area contributed by atoms with E-state index < -0.39 is 0 Å². The molecular formula is C15H19N5O. The van der Waals surface area contributed by atoms with Gasteiger partial charge in [0.1, 0.15) is 0 Å². The van der Waals surface area contributed by atoms with Gasteiger partial charge in [-0.25, -0.2) is 4.68 Å². The average molecular weight is 285 g/mol. The van der Waals surface area contributed by atoms with Crippen LogP contribution in [0.5, 0.6) is 0 Å². The van der Waals surface area contributed by atoms with E-state index in [1.54, 1.807) is 0 Å². The first-order valence-corrected chi connectivity index (χ1v) is 7.50. The van der Waals surface area contributed by atoms with E-state index in [2.05, 4.69) is 15.5 Å². The fraction of sp³-hybridized carbons (Fsp3) is 0.533. The predicted octanol–water partition coefficient (Wildman–Crippen LogP) is 1.97. The fourth-order valence-electron chi connectivity index (χ4n) is 3.12. The van der Waals surface area contributed by atoms with Gasteiger partial charge in [-0.2, -0.15) is 0 Å². The molecule has 6 nitrogen and oxygen atoms in total. The zero-order valence-corrected chi connectivity index (χ0v) is 12.1. The van der Waals surface area contributed by atoms with Gasteiger partial charge in [0.05, 0.1) is 12.1 Å². The molecule has 1 saturated carbocycles. The van der Waals surface area contributed by atoms with Crippen LogP contribution in [0, 0.1) is 12.8 Å². The Bertz CT molecular complexity index is 664. The molecule has 2 atom stereocenters. The molecule has 0 spiro atoms. The third-order valence-electron chi connectivity index (χ3n) is 4.53. The Balaban J connectivity index is 1.71. The predicted molar refractivity (Wildman–Crippen MR) is 78.5 cm³/mol. The van der Waals surface area contributed by atoms with Gasteiger partial charge in [-0.15, -0.1) is 5.10 Å². The third-order valence-corrected chi connectivity index (χ3v) is 4.53. The molecule has 4 rings (SSSR count). The Labute approximate surface area is 123 Å². The van der Waals surface area contributed by atoms with Crippen LogP contribution in [0.2, 0.25) is 0 Å². The molecule has 2 aromatic rings. The Morgan fingerprint density at radius 2 is 2.14 bits per heavy atom. The van der Waals surface area contributed by atoms with Gasteiger partial charge in [0.15, 0.2) is 5.82 Å². The zero-order valence-electron chi connectivity index (χ0n) is 12.1. The minimum Gasteiger partial charge on any atom is -0.398 e. The van der Waals surface area contributed by atoms with E-state index in [4.69, 9.17) is 10.5 Å². The molecule has 2 unspecified atom stereocenters. The molecule has 0 radical (unpaired) electrons. The number of hydrogen-bond donors (Lipinski definition) is 1. The SMILES string of the molecule is Cc1ccc(-c2nnnn2C2CCOC2C2CC2)cc1N. The molecule has 1 aromatic carbocycles. The van der Waals surface area contributed by atoms with Gasteiger partial charge in [-0.3, -0.25) is 0 Å². The smallest absolute Gasteiger partial charge is 0.182 e. The van der Waals surface area contributed by atoms with Crippen LogP contribution >= 0.6 is 0 Å². The van der Waals surface area contributed by atoms with E-state index in [-0.39, 0.29) is 12.1 Å². The lowest BCUT2D eigenvalue weighted by atomic mass is 10.1. The van der Waals surface area contributed by atoms with Crippen molar-refractivity contribution in [1.82, 2.24) is 20.2 Å². The van der Waals surface area contributed by atoms with Gasteiger partial charge in [-0.1, -0.05) is 12.1 Å². The number of ether oxygens (including phenoxy) is 1. The van der Waals surface area contributed by atoms with Crippen molar-refractivity contribution in [2.45, 2.75) is 38.3 Å². The van der Waals surface area contributed by atoms with E-state index in [0.717, 1.165) is 35.7 Å². The number of aryl methyl sites for hydroxylation is 1. The first kappa shape index (κ1) is 12.8. The molecule has 2 fully saturated rings. The highest BCUT2D eigenvalue weighted by molar-refractivity contribution is 5.63. The molecule has 2 aliphatic rings. The summed E-state index contributed by atoms with van der Waals surface area (Å²) in [4.78, 5) is 0. The van der Waals surface area contributed by atoms with E-state index in [0.29, 0.717) is 5.92 Å². The summed E-state index contributed by atoms with van der Waals surface area (Å²) in [6.45, 7) is 2.79. The van der Waals surface area contributed by atoms with Gasteiger partial charge in [0.25, 0.3) is 0 Å². The summed E-state index contributed by atoms with van der Waals surface area (Å²) in [7, 11) is 0. The maximum atomic E-state index is 6.01. The molecule has 21 heavy (non-hydrogen) atoms. The van der Waals surface area contributed by atoms with E-state index in [1.165, 1.54) is 12.8 Å². The largest absolute Gasteiger partial charge is 0.398 e. The summed E-state index contributed by atoms with van der Waals surface area (Å²) in [6, 6.07) is 6.22. The van der Waals surface area contributed by atoms with Gasteiger partial charge in [0.2, 0.25) is 0 Å². The maximum Gasteiger partial charge on any atom is 0.182 e. The van der Waals surface area contributed by atoms with Gasteiger partial charge in [0, 0.05) is 17.9 Å². The molecule has 6 heteroatoms. The number of benzene rings is 1. The molecule has 2 N–H and O–H groups in total. The minimum absolute atomic E-state index is 0.241. The second-order valence-corrected chi connectivity index (χ2v) is 6.05. The molecule has 1 saturated heterocycles. The highest BCUT2D eigenvalue weighted by Gasteiger charge is 2.42. The first-order chi connectivity index (χ1) is 10.2. The van der Waals surface area contributed by atoms with Gasteiger partial charge >= 0.3 is 0 Å². The standard InChI is InChI=1S/C15H19N5O/c1-9-2-3-11(8-12(9)16)15-17-18-19-20(15)13-6-7-21-14(13)10-4-5-10/h2-3,8,10,13-14H,4-7,16H2,1H3. The number of anilines is 1. The van der Waals surface area contributed by atoms with Crippen LogP contribution in [-0.4, -0.2) is 32.9 Å². The Hall–Kier alpha value is -1.95. The second kappa shape index (κ2) is 4.80. The van der Waals surface area contributed by atoms with Crippen molar-refractivity contribution >= 4 is 5.69 Å². The van der Waals surface area contributed by atoms with E-state index in [9.17, 15) is 0 Å². The van der Waals surface area contributed by atoms with Crippen LogP contribution < -0.4 is 5.73 Å². The molecule has 1 aliphatic heterocycles. The van der Waals surface area contributed by atoms with Crippen molar-refractivity contribution < 1.29 is 4.74 Å². The van der Waals surface area contributed by atoms with Crippen LogP contribution in [0.1, 0.15) is 30.9 Å². The Morgan fingerprint density at radius 3 is 2.90 bits per heavy atom. The molecule has 1 aromatic heterocycles. The Kier molecular flexibility index (Phi) is 2.92. The first-order valence-electron chi connectivity index (χ1n) is 7.50. The lowest BCUT2D eigenvalue weighted by Crippen LogP contribution is -2.23. The van der Waals surface area contributed by atoms with E-state index in [1.807, 2.05) is 29.8 Å². The fourth-order valence-corrected chi connectivity index (χ4v) is 3.12. The highest BCUT2D eigenvalue weighted by Crippen LogP contribution is 2.43. The maximum absolute atomic E-state index is 6.01. The van der Waals surface area contributed by atoms with Crippen LogP contribution in [0.4, 0.5) is 5.69 Å². The summed E-state index contributed by atoms with van der Waals surface area (Å²) in [5.41, 5.74) is 8.81. The number of nitrogens with two attached hydrogens (primary N) is 1. The lowest BCUT2D eigenvalue weighted by molar-refractivity contribution is 0.0725. The number of nitrogen functional groups attached to an aromatic ring is 1. The van der Waals surface area contributed by atoms with Crippen LogP contribution in [0.15, 0.2) is 18.2 Å². The highest BCUT2D eigenvalue weighted by atomic mass is 16.5. The number of hydrogen-bond acceptors (Lipinski definition) is 5. The number of aromatic nitrogens is 4. The van der Waals surface area contributed by atoms with Crippen molar-refractivity contribution in [3.63, 3.8) is 0 Å². The molecule has 0 amide bonds.